The van der Waals surface area contributed by atoms with Gasteiger partial charge in [-0.3, -0.25) is 28.8 Å². The second-order valence-electron chi connectivity index (χ2n) is 8.28. The van der Waals surface area contributed by atoms with Gasteiger partial charge in [-0.15, -0.1) is 0 Å². The van der Waals surface area contributed by atoms with Crippen LogP contribution in [0.25, 0.3) is 5.70 Å². The van der Waals surface area contributed by atoms with Gasteiger partial charge in [-0.25, -0.2) is 4.79 Å². The van der Waals surface area contributed by atoms with Gasteiger partial charge < -0.3 is 10.6 Å². The number of nitrogens with one attached hydrogen (secondary N) is 1. The minimum absolute atomic E-state index is 0.0632. The number of anilines is 2. The second kappa shape index (κ2) is 9.25. The van der Waals surface area contributed by atoms with Crippen molar-refractivity contribution in [2.45, 2.75) is 40.2 Å². The maximum atomic E-state index is 13.4. The first-order valence-corrected chi connectivity index (χ1v) is 10.7. The van der Waals surface area contributed by atoms with Crippen LogP contribution in [0.1, 0.15) is 49.5 Å². The van der Waals surface area contributed by atoms with Crippen molar-refractivity contribution in [3.05, 3.63) is 62.8 Å². The highest BCUT2D eigenvalue weighted by Crippen LogP contribution is 2.31. The molecule has 1 aliphatic heterocycles. The minimum Gasteiger partial charge on any atom is -0.383 e. The number of hydrogen-bond donors (Lipinski definition) is 2. The summed E-state index contributed by atoms with van der Waals surface area (Å²) in [5, 5.41) is 0. The van der Waals surface area contributed by atoms with Crippen molar-refractivity contribution in [1.29, 1.82) is 0 Å². The summed E-state index contributed by atoms with van der Waals surface area (Å²) in [4.78, 5) is 56.1. The van der Waals surface area contributed by atoms with E-state index in [9.17, 15) is 19.2 Å². The van der Waals surface area contributed by atoms with Crippen LogP contribution in [0.3, 0.4) is 0 Å². The van der Waals surface area contributed by atoms with E-state index < -0.39 is 17.2 Å². The fourth-order valence-electron chi connectivity index (χ4n) is 3.78. The van der Waals surface area contributed by atoms with E-state index in [1.54, 1.807) is 24.3 Å². The number of amides is 2. The van der Waals surface area contributed by atoms with Crippen LogP contribution in [-0.2, 0) is 11.3 Å². The van der Waals surface area contributed by atoms with Gasteiger partial charge in [0.2, 0.25) is 5.91 Å². The lowest BCUT2D eigenvalue weighted by Crippen LogP contribution is -2.45. The molecule has 170 valence electrons. The Morgan fingerprint density at radius 3 is 2.44 bits per heavy atom. The van der Waals surface area contributed by atoms with E-state index in [4.69, 9.17) is 5.73 Å². The number of benzene rings is 1. The third kappa shape index (κ3) is 4.23. The number of unbranched alkanes of at least 4 members (excludes halogenated alkanes) is 1. The quantitative estimate of drug-likeness (QED) is 0.652. The van der Waals surface area contributed by atoms with E-state index >= 15 is 0 Å². The molecule has 0 spiro atoms. The molecule has 1 aromatic carbocycles. The number of aromatic amines is 1. The van der Waals surface area contributed by atoms with Gasteiger partial charge >= 0.3 is 5.69 Å². The summed E-state index contributed by atoms with van der Waals surface area (Å²) in [6, 6.07) is 7.02. The van der Waals surface area contributed by atoms with Gasteiger partial charge in [0.1, 0.15) is 12.4 Å². The highest BCUT2D eigenvalue weighted by Gasteiger charge is 2.34. The van der Waals surface area contributed by atoms with Crippen LogP contribution < -0.4 is 21.9 Å². The Hall–Kier alpha value is -3.62. The Balaban J connectivity index is 1.99. The fraction of sp³-hybridized carbons (Fsp3) is 0.391. The molecule has 0 fully saturated rings. The molecule has 2 aromatic rings. The Morgan fingerprint density at radius 2 is 1.84 bits per heavy atom. The number of rotatable bonds is 8. The molecule has 32 heavy (non-hydrogen) atoms. The van der Waals surface area contributed by atoms with Crippen molar-refractivity contribution < 1.29 is 9.59 Å². The third-order valence-corrected chi connectivity index (χ3v) is 5.40. The molecule has 0 radical (unpaired) electrons. The summed E-state index contributed by atoms with van der Waals surface area (Å²) in [5.74, 6) is -0.766. The number of hydrogen-bond acceptors (Lipinski definition) is 5. The van der Waals surface area contributed by atoms with Crippen LogP contribution in [0.2, 0.25) is 0 Å². The van der Waals surface area contributed by atoms with Gasteiger partial charge in [-0.2, -0.15) is 0 Å². The normalized spacial score (nSPS) is 13.1. The molecule has 1 aliphatic rings. The van der Waals surface area contributed by atoms with E-state index in [2.05, 4.69) is 11.6 Å². The largest absolute Gasteiger partial charge is 0.383 e. The summed E-state index contributed by atoms with van der Waals surface area (Å²) in [7, 11) is 0. The SMILES string of the molecule is C=C1c2ccccc2C(=O)N1CC(=O)N(CCCC)c1c(N)n(CC(C)C)c(=O)[nH]c1=O. The number of aromatic nitrogens is 2. The zero-order chi connectivity index (χ0) is 23.6. The number of carbonyl (C=O) groups is 2. The summed E-state index contributed by atoms with van der Waals surface area (Å²) >= 11 is 0. The zero-order valence-electron chi connectivity index (χ0n) is 18.7. The molecule has 0 saturated heterocycles. The van der Waals surface area contributed by atoms with Gasteiger partial charge in [-0.1, -0.05) is 52.0 Å². The Morgan fingerprint density at radius 1 is 1.19 bits per heavy atom. The Kier molecular flexibility index (Phi) is 6.67. The molecule has 0 aliphatic carbocycles. The molecular formula is C23H29N5O4. The summed E-state index contributed by atoms with van der Waals surface area (Å²) in [5.41, 5.74) is 6.39. The van der Waals surface area contributed by atoms with Crippen LogP contribution in [0.5, 0.6) is 0 Å². The monoisotopic (exact) mass is 439 g/mol. The molecule has 1 aromatic heterocycles. The lowest BCUT2D eigenvalue weighted by atomic mass is 10.1. The average molecular weight is 440 g/mol. The maximum Gasteiger partial charge on any atom is 0.330 e. The highest BCUT2D eigenvalue weighted by atomic mass is 16.2. The first-order valence-electron chi connectivity index (χ1n) is 10.7. The maximum absolute atomic E-state index is 13.4. The molecule has 9 heteroatoms. The summed E-state index contributed by atoms with van der Waals surface area (Å²) < 4.78 is 1.27. The standard InChI is InChI=1S/C23H29N5O4/c1-5-6-11-26(19-20(24)28(12-14(2)3)23(32)25-21(19)30)18(29)13-27-15(4)16-9-7-8-10-17(16)22(27)31/h7-10,14H,4-6,11-13,24H2,1-3H3,(H,25,30,32). The van der Waals surface area contributed by atoms with Crippen molar-refractivity contribution in [2.24, 2.45) is 5.92 Å². The molecule has 0 bridgehead atoms. The number of fused-ring (bicyclic) bond motifs is 1. The number of nitrogens with two attached hydrogens (primary N) is 1. The van der Waals surface area contributed by atoms with Crippen LogP contribution in [0.15, 0.2) is 40.4 Å². The van der Waals surface area contributed by atoms with Crippen molar-refractivity contribution in [3.63, 3.8) is 0 Å². The van der Waals surface area contributed by atoms with E-state index in [-0.39, 0.29) is 36.4 Å². The van der Waals surface area contributed by atoms with Gasteiger partial charge in [0.15, 0.2) is 5.69 Å². The van der Waals surface area contributed by atoms with Crippen molar-refractivity contribution in [1.82, 2.24) is 14.5 Å². The van der Waals surface area contributed by atoms with E-state index in [1.807, 2.05) is 20.8 Å². The van der Waals surface area contributed by atoms with E-state index in [0.29, 0.717) is 29.8 Å². The van der Waals surface area contributed by atoms with Crippen LogP contribution in [0.4, 0.5) is 11.5 Å². The minimum atomic E-state index is -0.730. The molecule has 3 rings (SSSR count). The Labute approximate surface area is 186 Å². The third-order valence-electron chi connectivity index (χ3n) is 5.40. The molecule has 0 unspecified atom stereocenters. The van der Waals surface area contributed by atoms with Crippen LogP contribution >= 0.6 is 0 Å². The topological polar surface area (TPSA) is 121 Å². The average Bonchev–Trinajstić information content (AvgIpc) is 2.98. The predicted molar refractivity (Wildman–Crippen MR) is 124 cm³/mol. The zero-order valence-corrected chi connectivity index (χ0v) is 18.7. The summed E-state index contributed by atoms with van der Waals surface area (Å²) in [6.07, 6.45) is 1.39. The van der Waals surface area contributed by atoms with Crippen LogP contribution in [-0.4, -0.2) is 39.4 Å². The molecule has 3 N–H and O–H groups in total. The van der Waals surface area contributed by atoms with Crippen molar-refractivity contribution in [3.8, 4) is 0 Å². The molecule has 0 atom stereocenters. The van der Waals surface area contributed by atoms with Crippen LogP contribution in [0, 0.1) is 5.92 Å². The molecule has 9 nitrogen and oxygen atoms in total. The van der Waals surface area contributed by atoms with Gasteiger partial charge in [-0.05, 0) is 18.4 Å². The molecular weight excluding hydrogens is 410 g/mol. The fourth-order valence-corrected chi connectivity index (χ4v) is 3.78. The van der Waals surface area contributed by atoms with Gasteiger partial charge in [0.25, 0.3) is 11.5 Å². The van der Waals surface area contributed by atoms with E-state index in [1.165, 1.54) is 14.4 Å². The Bertz CT molecular complexity index is 1140. The lowest BCUT2D eigenvalue weighted by molar-refractivity contribution is -0.118. The first kappa shape index (κ1) is 23.1. The van der Waals surface area contributed by atoms with Gasteiger partial charge in [0.05, 0.1) is 0 Å². The van der Waals surface area contributed by atoms with Crippen molar-refractivity contribution >= 4 is 29.0 Å². The number of nitrogens with zero attached hydrogens (tertiary/aromatic N) is 3. The van der Waals surface area contributed by atoms with Crippen molar-refractivity contribution in [2.75, 3.05) is 23.7 Å². The van der Waals surface area contributed by atoms with E-state index in [0.717, 1.165) is 6.42 Å². The first-order chi connectivity index (χ1) is 15.2. The number of H-pyrrole nitrogens is 1. The predicted octanol–water partition coefficient (Wildman–Crippen LogP) is 2.03. The molecule has 0 saturated carbocycles. The molecule has 2 heterocycles. The number of carbonyl (C=O) groups excluding carboxylic acids is 2. The summed E-state index contributed by atoms with van der Waals surface area (Å²) in [6.45, 7) is 9.98. The smallest absolute Gasteiger partial charge is 0.330 e. The molecule has 2 amide bonds. The lowest BCUT2D eigenvalue weighted by Gasteiger charge is -2.27. The second-order valence-corrected chi connectivity index (χ2v) is 8.28. The highest BCUT2D eigenvalue weighted by molar-refractivity contribution is 6.11. The van der Waals surface area contributed by atoms with Gasteiger partial charge in [0, 0.05) is 29.9 Å². The number of nitrogen functional groups attached to an aromatic ring is 1.